The van der Waals surface area contributed by atoms with Crippen LogP contribution in [0.2, 0.25) is 0 Å². The van der Waals surface area contributed by atoms with Crippen molar-refractivity contribution in [2.45, 2.75) is 23.8 Å². The van der Waals surface area contributed by atoms with Gasteiger partial charge < -0.3 is 10.3 Å². The van der Waals surface area contributed by atoms with Gasteiger partial charge in [-0.3, -0.25) is 4.79 Å². The van der Waals surface area contributed by atoms with Crippen LogP contribution in [0.15, 0.2) is 50.6 Å². The van der Waals surface area contributed by atoms with Gasteiger partial charge >= 0.3 is 6.18 Å². The number of furan rings is 1. The van der Waals surface area contributed by atoms with E-state index in [1.165, 1.54) is 22.6 Å². The molecule has 0 saturated heterocycles. The molecule has 4 rings (SSSR count). The third-order valence-electron chi connectivity index (χ3n) is 4.09. The summed E-state index contributed by atoms with van der Waals surface area (Å²) in [6, 6.07) is 6.82. The van der Waals surface area contributed by atoms with Gasteiger partial charge in [-0.1, -0.05) is 17.8 Å². The zero-order chi connectivity index (χ0) is 20.6. The predicted molar refractivity (Wildman–Crippen MR) is 99.7 cm³/mol. The van der Waals surface area contributed by atoms with Gasteiger partial charge in [-0.25, -0.2) is 9.69 Å². The average Bonchev–Trinajstić information content (AvgIpc) is 3.44. The van der Waals surface area contributed by atoms with Crippen molar-refractivity contribution in [1.82, 2.24) is 19.9 Å². The van der Waals surface area contributed by atoms with E-state index in [0.29, 0.717) is 16.9 Å². The van der Waals surface area contributed by atoms with E-state index in [1.54, 1.807) is 12.1 Å². The number of hydrazone groups is 1. The number of nitrogens with zero attached hydrogens (tertiary/aromatic N) is 5. The summed E-state index contributed by atoms with van der Waals surface area (Å²) in [5.74, 6) is 4.01. The van der Waals surface area contributed by atoms with Crippen LogP contribution in [0.25, 0.3) is 0 Å². The number of rotatable bonds is 5. The molecule has 29 heavy (non-hydrogen) atoms. The second-order valence-corrected chi connectivity index (χ2v) is 7.85. The molecule has 152 valence electrons. The van der Waals surface area contributed by atoms with Gasteiger partial charge in [-0.15, -0.1) is 21.5 Å². The van der Waals surface area contributed by atoms with Crippen LogP contribution in [0, 0.1) is 0 Å². The van der Waals surface area contributed by atoms with Crippen LogP contribution < -0.4 is 5.84 Å². The Morgan fingerprint density at radius 3 is 2.79 bits per heavy atom. The van der Waals surface area contributed by atoms with E-state index in [4.69, 9.17) is 10.3 Å². The summed E-state index contributed by atoms with van der Waals surface area (Å²) in [4.78, 5) is 13.7. The number of halogens is 3. The van der Waals surface area contributed by atoms with E-state index >= 15 is 0 Å². The Labute approximate surface area is 170 Å². The first-order valence-corrected chi connectivity index (χ1v) is 10.1. The van der Waals surface area contributed by atoms with Crippen molar-refractivity contribution >= 4 is 34.7 Å². The Kier molecular flexibility index (Phi) is 5.08. The summed E-state index contributed by atoms with van der Waals surface area (Å²) in [6.07, 6.45) is -2.76. The molecule has 13 heteroatoms. The van der Waals surface area contributed by atoms with Gasteiger partial charge in [-0.2, -0.15) is 18.3 Å². The second kappa shape index (κ2) is 7.55. The van der Waals surface area contributed by atoms with Crippen molar-refractivity contribution in [2.24, 2.45) is 5.10 Å². The summed E-state index contributed by atoms with van der Waals surface area (Å²) in [6.45, 7) is 0. The number of thioether (sulfide) groups is 1. The Morgan fingerprint density at radius 2 is 2.17 bits per heavy atom. The standard InChI is InChI=1S/C16H13F3N6O2S2/c17-16(18,19)14-21-22-15(24(14)20)29-8-13(26)25-10(11-3-1-5-27-11)7-9(23-25)12-4-2-6-28-12/h1-6,10H,7-8,20H2/t10-/m0/s1. The molecule has 1 amide bonds. The van der Waals surface area contributed by atoms with Gasteiger partial charge in [0.05, 0.1) is 22.6 Å². The maximum absolute atomic E-state index is 12.8. The molecule has 3 aromatic heterocycles. The molecule has 0 aliphatic carbocycles. The van der Waals surface area contributed by atoms with Crippen LogP contribution in [0.3, 0.4) is 0 Å². The van der Waals surface area contributed by atoms with E-state index in [-0.39, 0.29) is 10.9 Å². The fourth-order valence-corrected chi connectivity index (χ4v) is 4.23. The van der Waals surface area contributed by atoms with Crippen LogP contribution in [0.1, 0.15) is 28.9 Å². The molecular formula is C16H13F3N6O2S2. The Balaban J connectivity index is 1.52. The van der Waals surface area contributed by atoms with Gasteiger partial charge in [0.25, 0.3) is 11.7 Å². The molecule has 3 aromatic rings. The number of alkyl halides is 3. The number of nitrogen functional groups attached to an aromatic ring is 1. The maximum Gasteiger partial charge on any atom is 0.453 e. The first-order chi connectivity index (χ1) is 13.8. The highest BCUT2D eigenvalue weighted by Gasteiger charge is 2.39. The van der Waals surface area contributed by atoms with Crippen molar-refractivity contribution in [3.05, 3.63) is 52.4 Å². The maximum atomic E-state index is 12.8. The van der Waals surface area contributed by atoms with Crippen molar-refractivity contribution in [1.29, 1.82) is 0 Å². The summed E-state index contributed by atoms with van der Waals surface area (Å²) in [7, 11) is 0. The van der Waals surface area contributed by atoms with Crippen LogP contribution in [0.4, 0.5) is 13.2 Å². The predicted octanol–water partition coefficient (Wildman–Crippen LogP) is 3.14. The van der Waals surface area contributed by atoms with Crippen LogP contribution in [0.5, 0.6) is 0 Å². The molecule has 0 radical (unpaired) electrons. The quantitative estimate of drug-likeness (QED) is 0.481. The number of hydrogen-bond acceptors (Lipinski definition) is 8. The molecule has 1 aliphatic rings. The molecule has 1 aliphatic heterocycles. The van der Waals surface area contributed by atoms with E-state index < -0.39 is 23.9 Å². The number of amides is 1. The molecule has 0 saturated carbocycles. The van der Waals surface area contributed by atoms with Crippen molar-refractivity contribution in [2.75, 3.05) is 11.6 Å². The summed E-state index contributed by atoms with van der Waals surface area (Å²) < 4.78 is 44.1. The van der Waals surface area contributed by atoms with E-state index in [1.807, 2.05) is 17.5 Å². The van der Waals surface area contributed by atoms with Crippen LogP contribution in [-0.4, -0.2) is 37.3 Å². The fraction of sp³-hybridized carbons (Fsp3) is 0.250. The van der Waals surface area contributed by atoms with E-state index in [0.717, 1.165) is 22.4 Å². The third-order valence-corrected chi connectivity index (χ3v) is 5.93. The van der Waals surface area contributed by atoms with Crippen molar-refractivity contribution in [3.63, 3.8) is 0 Å². The molecule has 4 heterocycles. The lowest BCUT2D eigenvalue weighted by Gasteiger charge is -2.19. The van der Waals surface area contributed by atoms with Gasteiger partial charge in [0.2, 0.25) is 5.16 Å². The molecule has 0 bridgehead atoms. The highest BCUT2D eigenvalue weighted by molar-refractivity contribution is 7.99. The first-order valence-electron chi connectivity index (χ1n) is 8.22. The molecule has 1 atom stereocenters. The lowest BCUT2D eigenvalue weighted by Crippen LogP contribution is -2.28. The molecule has 0 spiro atoms. The van der Waals surface area contributed by atoms with Crippen molar-refractivity contribution in [3.8, 4) is 0 Å². The summed E-state index contributed by atoms with van der Waals surface area (Å²) in [5, 5.41) is 13.9. The minimum atomic E-state index is -4.73. The largest absolute Gasteiger partial charge is 0.467 e. The van der Waals surface area contributed by atoms with E-state index in [9.17, 15) is 18.0 Å². The summed E-state index contributed by atoms with van der Waals surface area (Å²) >= 11 is 2.25. The Hall–Kier alpha value is -2.80. The lowest BCUT2D eigenvalue weighted by atomic mass is 10.1. The van der Waals surface area contributed by atoms with Gasteiger partial charge in [0.1, 0.15) is 11.8 Å². The monoisotopic (exact) mass is 442 g/mol. The van der Waals surface area contributed by atoms with Gasteiger partial charge in [0, 0.05) is 6.42 Å². The number of thiophene rings is 1. The van der Waals surface area contributed by atoms with E-state index in [2.05, 4.69) is 15.3 Å². The van der Waals surface area contributed by atoms with Gasteiger partial charge in [0.15, 0.2) is 0 Å². The molecule has 8 nitrogen and oxygen atoms in total. The fourth-order valence-electron chi connectivity index (χ4n) is 2.80. The molecule has 2 N–H and O–H groups in total. The lowest BCUT2D eigenvalue weighted by molar-refractivity contribution is -0.146. The number of carbonyl (C=O) groups is 1. The molecule has 0 unspecified atom stereocenters. The van der Waals surface area contributed by atoms with Crippen molar-refractivity contribution < 1.29 is 22.4 Å². The highest BCUT2D eigenvalue weighted by atomic mass is 32.2. The Morgan fingerprint density at radius 1 is 1.34 bits per heavy atom. The second-order valence-electron chi connectivity index (χ2n) is 5.96. The zero-order valence-electron chi connectivity index (χ0n) is 14.5. The minimum absolute atomic E-state index is 0.217. The molecular weight excluding hydrogens is 429 g/mol. The number of nitrogens with two attached hydrogens (primary N) is 1. The first kappa shape index (κ1) is 19.5. The Bertz CT molecular complexity index is 1030. The van der Waals surface area contributed by atoms with Crippen LogP contribution in [-0.2, 0) is 11.0 Å². The number of hydrogen-bond donors (Lipinski definition) is 1. The third kappa shape index (κ3) is 3.87. The number of aromatic nitrogens is 3. The normalized spacial score (nSPS) is 17.0. The minimum Gasteiger partial charge on any atom is -0.467 e. The molecule has 0 aromatic carbocycles. The smallest absolute Gasteiger partial charge is 0.453 e. The number of carbonyl (C=O) groups excluding carboxylic acids is 1. The highest BCUT2D eigenvalue weighted by Crippen LogP contribution is 2.35. The average molecular weight is 442 g/mol. The topological polar surface area (TPSA) is 103 Å². The van der Waals surface area contributed by atoms with Crippen LogP contribution >= 0.6 is 23.1 Å². The van der Waals surface area contributed by atoms with Gasteiger partial charge in [-0.05, 0) is 23.6 Å². The summed E-state index contributed by atoms with van der Waals surface area (Å²) in [5.41, 5.74) is 0.737. The molecule has 0 fully saturated rings. The SMILES string of the molecule is Nn1c(SCC(=O)N2N=C(c3cccs3)C[C@H]2c2ccco2)nnc1C(F)(F)F. The zero-order valence-corrected chi connectivity index (χ0v) is 16.2.